The van der Waals surface area contributed by atoms with E-state index >= 15 is 0 Å². The highest BCUT2D eigenvalue weighted by molar-refractivity contribution is 9.08. The number of nitrogens with zero attached hydrogens (tertiary/aromatic N) is 2. The maximum atomic E-state index is 4.60. The van der Waals surface area contributed by atoms with Crippen LogP contribution < -0.4 is 5.32 Å². The van der Waals surface area contributed by atoms with Gasteiger partial charge in [0.15, 0.2) is 0 Å². The summed E-state index contributed by atoms with van der Waals surface area (Å²) in [6.07, 6.45) is 7.97. The van der Waals surface area contributed by atoms with E-state index in [1.807, 2.05) is 6.92 Å². The Bertz CT molecular complexity index is 294. The summed E-state index contributed by atoms with van der Waals surface area (Å²) >= 11 is 3.34. The highest BCUT2D eigenvalue weighted by atomic mass is 79.9. The minimum atomic E-state index is 0.739. The molecule has 1 rings (SSSR count). The number of rotatable bonds is 3. The molecule has 0 unspecified atom stereocenters. The average Bonchev–Trinajstić information content (AvgIpc) is 2.20. The van der Waals surface area contributed by atoms with Crippen molar-refractivity contribution in [3.63, 3.8) is 0 Å². The van der Waals surface area contributed by atoms with Gasteiger partial charge < -0.3 is 5.32 Å². The first-order chi connectivity index (χ1) is 6.79. The van der Waals surface area contributed by atoms with Crippen molar-refractivity contribution in [2.45, 2.75) is 19.2 Å². The Hall–Kier alpha value is -1.08. The fraction of sp³-hybridized carbons (Fsp3) is 0.400. The Morgan fingerprint density at radius 1 is 1.50 bits per heavy atom. The molecule has 0 bridgehead atoms. The van der Waals surface area contributed by atoms with Crippen LogP contribution in [-0.4, -0.2) is 16.5 Å². The Labute approximate surface area is 93.5 Å². The van der Waals surface area contributed by atoms with Crippen molar-refractivity contribution in [3.8, 4) is 12.3 Å². The minimum Gasteiger partial charge on any atom is -0.369 e. The van der Waals surface area contributed by atoms with E-state index in [0.717, 1.165) is 23.4 Å². The van der Waals surface area contributed by atoms with Gasteiger partial charge in [-0.3, -0.25) is 4.98 Å². The van der Waals surface area contributed by atoms with Crippen LogP contribution in [0.25, 0.3) is 0 Å². The summed E-state index contributed by atoms with van der Waals surface area (Å²) in [5.41, 5.74) is 0.953. The molecule has 0 aliphatic carbocycles. The van der Waals surface area contributed by atoms with Crippen molar-refractivity contribution >= 4 is 21.7 Å². The number of alkyl halides is 1. The van der Waals surface area contributed by atoms with Crippen LogP contribution in [0.3, 0.4) is 0 Å². The molecule has 0 saturated heterocycles. The van der Waals surface area contributed by atoms with E-state index < -0.39 is 0 Å². The smallest absolute Gasteiger partial charge is 0.148 e. The van der Waals surface area contributed by atoms with Gasteiger partial charge in [0.25, 0.3) is 0 Å². The molecule has 14 heavy (non-hydrogen) atoms. The minimum absolute atomic E-state index is 0.739. The molecule has 0 aliphatic heterocycles. The number of terminal acetylenes is 1. The zero-order valence-electron chi connectivity index (χ0n) is 8.42. The standard InChI is InChI=1S/C7H10BrN3.C3H4/c1-2-9-7-6(5-8)10-3-4-11-7;1-3-2/h3-4H,2,5H2,1H3,(H,9,11);1H,2H3. The Kier molecular flexibility index (Phi) is 7.86. The number of hydrogen-bond donors (Lipinski definition) is 1. The van der Waals surface area contributed by atoms with Gasteiger partial charge in [0.1, 0.15) is 5.82 Å². The van der Waals surface area contributed by atoms with Gasteiger partial charge in [-0.15, -0.1) is 12.3 Å². The lowest BCUT2D eigenvalue weighted by Gasteiger charge is -2.04. The molecule has 0 fully saturated rings. The molecule has 1 aromatic rings. The van der Waals surface area contributed by atoms with Crippen LogP contribution in [0.5, 0.6) is 0 Å². The molecule has 1 aromatic heterocycles. The molecule has 4 heteroatoms. The first kappa shape index (κ1) is 12.9. The summed E-state index contributed by atoms with van der Waals surface area (Å²) in [6.45, 7) is 4.56. The van der Waals surface area contributed by atoms with Crippen molar-refractivity contribution < 1.29 is 0 Å². The predicted molar refractivity (Wildman–Crippen MR) is 63.3 cm³/mol. The molecular weight excluding hydrogens is 242 g/mol. The van der Waals surface area contributed by atoms with Gasteiger partial charge in [-0.05, 0) is 13.8 Å². The summed E-state index contributed by atoms with van der Waals surface area (Å²) in [4.78, 5) is 8.28. The second-order valence-electron chi connectivity index (χ2n) is 2.30. The van der Waals surface area contributed by atoms with Crippen molar-refractivity contribution in [2.24, 2.45) is 0 Å². The van der Waals surface area contributed by atoms with Crippen molar-refractivity contribution in [2.75, 3.05) is 11.9 Å². The van der Waals surface area contributed by atoms with Gasteiger partial charge in [-0.2, -0.15) is 0 Å². The molecule has 0 saturated carbocycles. The monoisotopic (exact) mass is 255 g/mol. The molecule has 76 valence electrons. The fourth-order valence-corrected chi connectivity index (χ4v) is 1.19. The second kappa shape index (κ2) is 8.52. The molecule has 3 nitrogen and oxygen atoms in total. The van der Waals surface area contributed by atoms with E-state index in [2.05, 4.69) is 43.6 Å². The zero-order chi connectivity index (χ0) is 10.8. The number of hydrogen-bond acceptors (Lipinski definition) is 3. The van der Waals surface area contributed by atoms with Gasteiger partial charge in [-0.25, -0.2) is 4.98 Å². The van der Waals surface area contributed by atoms with E-state index in [-0.39, 0.29) is 0 Å². The summed E-state index contributed by atoms with van der Waals surface area (Å²) in [5, 5.41) is 3.86. The number of halogens is 1. The maximum absolute atomic E-state index is 4.60. The van der Waals surface area contributed by atoms with Crippen LogP contribution in [0.15, 0.2) is 12.4 Å². The first-order valence-corrected chi connectivity index (χ1v) is 5.39. The molecule has 1 heterocycles. The Balaban J connectivity index is 0.000000500. The quantitative estimate of drug-likeness (QED) is 0.666. The third kappa shape index (κ3) is 4.83. The van der Waals surface area contributed by atoms with Crippen LogP contribution in [-0.2, 0) is 5.33 Å². The lowest BCUT2D eigenvalue weighted by atomic mass is 10.4. The van der Waals surface area contributed by atoms with Crippen LogP contribution >= 0.6 is 15.9 Å². The number of aromatic nitrogens is 2. The summed E-state index contributed by atoms with van der Waals surface area (Å²) in [6, 6.07) is 0. The molecule has 0 spiro atoms. The van der Waals surface area contributed by atoms with E-state index in [1.54, 1.807) is 19.3 Å². The van der Waals surface area contributed by atoms with E-state index in [4.69, 9.17) is 0 Å². The normalized spacial score (nSPS) is 8.14. The van der Waals surface area contributed by atoms with Crippen LogP contribution in [0.2, 0.25) is 0 Å². The zero-order valence-corrected chi connectivity index (χ0v) is 10.0. The topological polar surface area (TPSA) is 37.8 Å². The molecule has 0 aliphatic rings. The van der Waals surface area contributed by atoms with Crippen molar-refractivity contribution in [1.82, 2.24) is 9.97 Å². The lowest BCUT2D eigenvalue weighted by molar-refractivity contribution is 1.07. The molecule has 0 atom stereocenters. The van der Waals surface area contributed by atoms with Gasteiger partial charge in [0, 0.05) is 24.3 Å². The lowest BCUT2D eigenvalue weighted by Crippen LogP contribution is -2.03. The predicted octanol–water partition coefficient (Wildman–Crippen LogP) is 2.44. The van der Waals surface area contributed by atoms with Crippen molar-refractivity contribution in [3.05, 3.63) is 18.1 Å². The molecular formula is C10H14BrN3. The van der Waals surface area contributed by atoms with Crippen LogP contribution in [0, 0.1) is 12.3 Å². The Morgan fingerprint density at radius 3 is 2.57 bits per heavy atom. The SMILES string of the molecule is C#CC.CCNc1nccnc1CBr. The first-order valence-electron chi connectivity index (χ1n) is 4.27. The third-order valence-corrected chi connectivity index (χ3v) is 1.78. The second-order valence-corrected chi connectivity index (χ2v) is 2.87. The van der Waals surface area contributed by atoms with Gasteiger partial charge in [0.2, 0.25) is 0 Å². The van der Waals surface area contributed by atoms with Gasteiger partial charge >= 0.3 is 0 Å². The van der Waals surface area contributed by atoms with Crippen molar-refractivity contribution in [1.29, 1.82) is 0 Å². The number of anilines is 1. The Morgan fingerprint density at radius 2 is 2.07 bits per heavy atom. The number of nitrogens with one attached hydrogen (secondary N) is 1. The third-order valence-electron chi connectivity index (χ3n) is 1.24. The highest BCUT2D eigenvalue weighted by Crippen LogP contribution is 2.10. The molecule has 0 aromatic carbocycles. The van der Waals surface area contributed by atoms with E-state index in [9.17, 15) is 0 Å². The van der Waals surface area contributed by atoms with Crippen LogP contribution in [0.4, 0.5) is 5.82 Å². The van der Waals surface area contributed by atoms with Gasteiger partial charge in [0.05, 0.1) is 5.69 Å². The molecule has 1 N–H and O–H groups in total. The largest absolute Gasteiger partial charge is 0.369 e. The van der Waals surface area contributed by atoms with Gasteiger partial charge in [-0.1, -0.05) is 15.9 Å². The van der Waals surface area contributed by atoms with E-state index in [0.29, 0.717) is 0 Å². The molecule has 0 radical (unpaired) electrons. The van der Waals surface area contributed by atoms with E-state index in [1.165, 1.54) is 0 Å². The fourth-order valence-electron chi connectivity index (χ4n) is 0.780. The summed E-state index contributed by atoms with van der Waals surface area (Å²) in [5.74, 6) is 3.12. The molecule has 0 amide bonds. The summed E-state index contributed by atoms with van der Waals surface area (Å²) in [7, 11) is 0. The van der Waals surface area contributed by atoms with Crippen LogP contribution in [0.1, 0.15) is 19.5 Å². The maximum Gasteiger partial charge on any atom is 0.148 e. The summed E-state index contributed by atoms with van der Waals surface area (Å²) < 4.78 is 0. The average molecular weight is 256 g/mol. The highest BCUT2D eigenvalue weighted by Gasteiger charge is 1.99.